The first-order valence-corrected chi connectivity index (χ1v) is 9.86. The molecular formula is C20H24F3N5O2. The van der Waals surface area contributed by atoms with E-state index in [0.29, 0.717) is 37.2 Å². The van der Waals surface area contributed by atoms with Gasteiger partial charge >= 0.3 is 6.18 Å². The van der Waals surface area contributed by atoms with Gasteiger partial charge in [-0.2, -0.15) is 18.3 Å². The summed E-state index contributed by atoms with van der Waals surface area (Å²) in [4.78, 5) is 29.9. The van der Waals surface area contributed by atoms with E-state index < -0.39 is 11.7 Å². The topological polar surface area (TPSA) is 80.1 Å². The molecule has 1 aliphatic heterocycles. The maximum Gasteiger partial charge on any atom is 0.417 e. The smallest absolute Gasteiger partial charge is 0.352 e. The van der Waals surface area contributed by atoms with Gasteiger partial charge in [0.2, 0.25) is 5.91 Å². The van der Waals surface area contributed by atoms with Crippen molar-refractivity contribution in [3.05, 3.63) is 41.3 Å². The molecule has 0 aromatic carbocycles. The first kappa shape index (κ1) is 21.8. The number of halogens is 3. The first-order chi connectivity index (χ1) is 14.2. The average Bonchev–Trinajstić information content (AvgIpc) is 3.31. The third kappa shape index (κ3) is 4.80. The number of nitrogens with zero attached hydrogens (tertiary/aromatic N) is 4. The zero-order valence-electron chi connectivity index (χ0n) is 16.9. The Morgan fingerprint density at radius 3 is 2.60 bits per heavy atom. The SMILES string of the molecule is CC(C)c1c(C(=O)NCCCN2CCCC2=O)cnn1-c1ccc(C(F)(F)F)cn1. The van der Waals surface area contributed by atoms with Gasteiger partial charge in [0.1, 0.15) is 0 Å². The van der Waals surface area contributed by atoms with E-state index in [2.05, 4.69) is 15.4 Å². The number of pyridine rings is 1. The van der Waals surface area contributed by atoms with Crippen molar-refractivity contribution in [2.24, 2.45) is 0 Å². The summed E-state index contributed by atoms with van der Waals surface area (Å²) in [6.45, 7) is 5.51. The number of rotatable bonds is 7. The van der Waals surface area contributed by atoms with E-state index >= 15 is 0 Å². The number of likely N-dealkylation sites (tertiary alicyclic amines) is 1. The molecule has 30 heavy (non-hydrogen) atoms. The molecular weight excluding hydrogens is 399 g/mol. The predicted octanol–water partition coefficient (Wildman–Crippen LogP) is 3.15. The molecule has 1 saturated heterocycles. The van der Waals surface area contributed by atoms with Gasteiger partial charge in [-0.15, -0.1) is 0 Å². The molecule has 2 aromatic rings. The first-order valence-electron chi connectivity index (χ1n) is 9.86. The van der Waals surface area contributed by atoms with Crippen molar-refractivity contribution < 1.29 is 22.8 Å². The predicted molar refractivity (Wildman–Crippen MR) is 103 cm³/mol. The van der Waals surface area contributed by atoms with Crippen LogP contribution in [0.1, 0.15) is 60.6 Å². The molecule has 2 amide bonds. The van der Waals surface area contributed by atoms with Crippen molar-refractivity contribution in [2.75, 3.05) is 19.6 Å². The lowest BCUT2D eigenvalue weighted by Crippen LogP contribution is -2.31. The highest BCUT2D eigenvalue weighted by Crippen LogP contribution is 2.29. The minimum atomic E-state index is -4.47. The lowest BCUT2D eigenvalue weighted by atomic mass is 10.1. The molecule has 1 aliphatic rings. The Morgan fingerprint density at radius 1 is 1.27 bits per heavy atom. The number of hydrogen-bond acceptors (Lipinski definition) is 4. The lowest BCUT2D eigenvalue weighted by molar-refractivity contribution is -0.137. The summed E-state index contributed by atoms with van der Waals surface area (Å²) >= 11 is 0. The second kappa shape index (κ2) is 8.85. The molecule has 1 fully saturated rings. The number of amides is 2. The molecule has 0 bridgehead atoms. The van der Waals surface area contributed by atoms with Gasteiger partial charge in [0.25, 0.3) is 5.91 Å². The summed E-state index contributed by atoms with van der Waals surface area (Å²) < 4.78 is 39.7. The Kier molecular flexibility index (Phi) is 6.42. The fraction of sp³-hybridized carbons (Fsp3) is 0.500. The molecule has 3 heterocycles. The second-order valence-corrected chi connectivity index (χ2v) is 7.51. The van der Waals surface area contributed by atoms with E-state index in [9.17, 15) is 22.8 Å². The molecule has 0 spiro atoms. The molecule has 7 nitrogen and oxygen atoms in total. The number of aromatic nitrogens is 3. The van der Waals surface area contributed by atoms with Crippen LogP contribution in [0.3, 0.4) is 0 Å². The van der Waals surface area contributed by atoms with Gasteiger partial charge in [-0.05, 0) is 30.9 Å². The number of hydrogen-bond donors (Lipinski definition) is 1. The van der Waals surface area contributed by atoms with E-state index in [0.717, 1.165) is 25.2 Å². The van der Waals surface area contributed by atoms with Gasteiger partial charge in [0, 0.05) is 32.3 Å². The zero-order valence-corrected chi connectivity index (χ0v) is 16.9. The van der Waals surface area contributed by atoms with Crippen molar-refractivity contribution in [1.29, 1.82) is 0 Å². The van der Waals surface area contributed by atoms with Gasteiger partial charge in [-0.25, -0.2) is 9.67 Å². The quantitative estimate of drug-likeness (QED) is 0.694. The van der Waals surface area contributed by atoms with E-state index in [1.807, 2.05) is 13.8 Å². The fourth-order valence-electron chi connectivity index (χ4n) is 3.46. The van der Waals surface area contributed by atoms with Crippen LogP contribution in [0, 0.1) is 0 Å². The van der Waals surface area contributed by atoms with Crippen molar-refractivity contribution in [3.63, 3.8) is 0 Å². The Morgan fingerprint density at radius 2 is 2.03 bits per heavy atom. The second-order valence-electron chi connectivity index (χ2n) is 7.51. The van der Waals surface area contributed by atoms with Gasteiger partial charge in [0.05, 0.1) is 23.0 Å². The van der Waals surface area contributed by atoms with Crippen LogP contribution in [0.15, 0.2) is 24.5 Å². The number of nitrogens with one attached hydrogen (secondary N) is 1. The maximum atomic E-state index is 12.8. The molecule has 1 N–H and O–H groups in total. The standard InChI is InChI=1S/C20H24F3N5O2/c1-13(2)18-15(19(30)24-8-4-10-27-9-3-5-17(27)29)12-26-28(18)16-7-6-14(11-25-16)20(21,22)23/h6-7,11-13H,3-5,8-10H2,1-2H3,(H,24,30). The van der Waals surface area contributed by atoms with Crippen LogP contribution in [0.2, 0.25) is 0 Å². The van der Waals surface area contributed by atoms with Crippen LogP contribution in [0.5, 0.6) is 0 Å². The minimum Gasteiger partial charge on any atom is -0.352 e. The highest BCUT2D eigenvalue weighted by atomic mass is 19.4. The van der Waals surface area contributed by atoms with Crippen molar-refractivity contribution in [2.45, 2.75) is 45.2 Å². The van der Waals surface area contributed by atoms with Gasteiger partial charge in [-0.3, -0.25) is 9.59 Å². The molecule has 10 heteroatoms. The summed E-state index contributed by atoms with van der Waals surface area (Å²) in [5.41, 5.74) is 0.0670. The Bertz CT molecular complexity index is 906. The number of carbonyl (C=O) groups is 2. The van der Waals surface area contributed by atoms with Crippen LogP contribution in [0.4, 0.5) is 13.2 Å². The van der Waals surface area contributed by atoms with Crippen molar-refractivity contribution >= 4 is 11.8 Å². The fourth-order valence-corrected chi connectivity index (χ4v) is 3.46. The molecule has 0 unspecified atom stereocenters. The third-order valence-electron chi connectivity index (χ3n) is 4.95. The Hall–Kier alpha value is -2.91. The number of carbonyl (C=O) groups excluding carboxylic acids is 2. The van der Waals surface area contributed by atoms with Crippen molar-refractivity contribution in [3.8, 4) is 5.82 Å². The molecule has 0 saturated carbocycles. The highest BCUT2D eigenvalue weighted by Gasteiger charge is 2.31. The van der Waals surface area contributed by atoms with Crippen molar-refractivity contribution in [1.82, 2.24) is 25.0 Å². The molecule has 162 valence electrons. The maximum absolute atomic E-state index is 12.8. The molecule has 3 rings (SSSR count). The van der Waals surface area contributed by atoms with Crippen LogP contribution in [-0.2, 0) is 11.0 Å². The summed E-state index contributed by atoms with van der Waals surface area (Å²) in [5, 5.41) is 7.01. The lowest BCUT2D eigenvalue weighted by Gasteiger charge is -2.16. The molecule has 2 aromatic heterocycles. The Balaban J connectivity index is 1.69. The molecule has 0 aliphatic carbocycles. The largest absolute Gasteiger partial charge is 0.417 e. The summed E-state index contributed by atoms with van der Waals surface area (Å²) in [7, 11) is 0. The van der Waals surface area contributed by atoms with E-state index in [-0.39, 0.29) is 23.6 Å². The normalized spacial score (nSPS) is 14.6. The molecule has 0 radical (unpaired) electrons. The van der Waals surface area contributed by atoms with E-state index in [1.54, 1.807) is 4.90 Å². The highest BCUT2D eigenvalue weighted by molar-refractivity contribution is 5.95. The van der Waals surface area contributed by atoms with Crippen LogP contribution >= 0.6 is 0 Å². The van der Waals surface area contributed by atoms with E-state index in [4.69, 9.17) is 0 Å². The van der Waals surface area contributed by atoms with Crippen LogP contribution in [-0.4, -0.2) is 51.1 Å². The van der Waals surface area contributed by atoms with Gasteiger partial charge in [-0.1, -0.05) is 13.8 Å². The monoisotopic (exact) mass is 423 g/mol. The van der Waals surface area contributed by atoms with Gasteiger partial charge in [0.15, 0.2) is 5.82 Å². The minimum absolute atomic E-state index is 0.112. The summed E-state index contributed by atoms with van der Waals surface area (Å²) in [6.07, 6.45) is -0.222. The molecule has 0 atom stereocenters. The zero-order chi connectivity index (χ0) is 21.9. The number of alkyl halides is 3. The van der Waals surface area contributed by atoms with Crippen LogP contribution in [0.25, 0.3) is 5.82 Å². The Labute approximate surface area is 172 Å². The van der Waals surface area contributed by atoms with Gasteiger partial charge < -0.3 is 10.2 Å². The van der Waals surface area contributed by atoms with E-state index in [1.165, 1.54) is 16.9 Å². The summed E-state index contributed by atoms with van der Waals surface area (Å²) in [5.74, 6) is -0.0730. The average molecular weight is 423 g/mol. The third-order valence-corrected chi connectivity index (χ3v) is 4.95. The van der Waals surface area contributed by atoms with Crippen LogP contribution < -0.4 is 5.32 Å². The summed E-state index contributed by atoms with van der Waals surface area (Å²) in [6, 6.07) is 2.17.